The van der Waals surface area contributed by atoms with Crippen LogP contribution < -0.4 is 10.1 Å². The summed E-state index contributed by atoms with van der Waals surface area (Å²) in [4.78, 5) is 17.3. The first kappa shape index (κ1) is 20.5. The first-order valence-electron chi connectivity index (χ1n) is 10.2. The van der Waals surface area contributed by atoms with E-state index in [2.05, 4.69) is 10.4 Å². The third-order valence-corrected chi connectivity index (χ3v) is 4.88. The number of hydrogen-bond donors (Lipinski definition) is 1. The van der Waals surface area contributed by atoms with Crippen molar-refractivity contribution in [2.24, 2.45) is 0 Å². The summed E-state index contributed by atoms with van der Waals surface area (Å²) in [6, 6.07) is 15.2. The van der Waals surface area contributed by atoms with Gasteiger partial charge in [-0.15, -0.1) is 0 Å². The number of hydrogen-bond acceptors (Lipinski definition) is 4. The number of nitrogens with one attached hydrogen (secondary N) is 1. The zero-order valence-electron chi connectivity index (χ0n) is 17.2. The number of nitrogens with zero attached hydrogens (tertiary/aromatic N) is 3. The number of amides is 1. The Balaban J connectivity index is 1.56. The minimum atomic E-state index is -0.305. The van der Waals surface area contributed by atoms with Crippen LogP contribution in [0.1, 0.15) is 23.7 Å². The number of aryl methyl sites for hydroxylation is 1. The molecule has 0 radical (unpaired) electrons. The van der Waals surface area contributed by atoms with Gasteiger partial charge in [0.25, 0.3) is 5.91 Å². The maximum absolute atomic E-state index is 13.3. The second-order valence-corrected chi connectivity index (χ2v) is 7.06. The van der Waals surface area contributed by atoms with Crippen molar-refractivity contribution in [3.8, 4) is 17.0 Å². The fourth-order valence-corrected chi connectivity index (χ4v) is 3.36. The molecule has 6 nitrogen and oxygen atoms in total. The molecule has 158 valence electrons. The highest BCUT2D eigenvalue weighted by Crippen LogP contribution is 2.31. The molecule has 0 aliphatic heterocycles. The Hall–Kier alpha value is -3.74. The van der Waals surface area contributed by atoms with Gasteiger partial charge in [0.15, 0.2) is 0 Å². The molecular weight excluding hydrogens is 395 g/mol. The van der Waals surface area contributed by atoms with Crippen molar-refractivity contribution >= 4 is 16.8 Å². The first-order chi connectivity index (χ1) is 15.1. The van der Waals surface area contributed by atoms with E-state index in [0.717, 1.165) is 23.9 Å². The molecule has 4 rings (SSSR count). The first-order valence-corrected chi connectivity index (χ1v) is 10.2. The fraction of sp³-hybridized carbons (Fsp3) is 0.208. The number of ether oxygens (including phenoxy) is 1. The van der Waals surface area contributed by atoms with E-state index in [4.69, 9.17) is 9.72 Å². The normalized spacial score (nSPS) is 10.9. The van der Waals surface area contributed by atoms with E-state index in [9.17, 15) is 9.18 Å². The second-order valence-electron chi connectivity index (χ2n) is 7.06. The Kier molecular flexibility index (Phi) is 6.21. The minimum absolute atomic E-state index is 0.158. The van der Waals surface area contributed by atoms with Crippen molar-refractivity contribution in [3.63, 3.8) is 0 Å². The lowest BCUT2D eigenvalue weighted by atomic mass is 10.1. The predicted octanol–water partition coefficient (Wildman–Crippen LogP) is 4.46. The van der Waals surface area contributed by atoms with Crippen LogP contribution in [-0.4, -0.2) is 33.8 Å². The Morgan fingerprint density at radius 2 is 2.00 bits per heavy atom. The van der Waals surface area contributed by atoms with Crippen molar-refractivity contribution in [2.75, 3.05) is 13.2 Å². The van der Waals surface area contributed by atoms with Crippen LogP contribution in [0.3, 0.4) is 0 Å². The highest BCUT2D eigenvalue weighted by Gasteiger charge is 2.12. The van der Waals surface area contributed by atoms with Crippen LogP contribution in [0.2, 0.25) is 0 Å². The molecule has 2 aromatic heterocycles. The van der Waals surface area contributed by atoms with Crippen LogP contribution in [0.25, 0.3) is 22.2 Å². The van der Waals surface area contributed by atoms with Gasteiger partial charge in [-0.25, -0.2) is 9.37 Å². The zero-order chi connectivity index (χ0) is 21.6. The van der Waals surface area contributed by atoms with Crippen LogP contribution >= 0.6 is 0 Å². The molecule has 2 aromatic carbocycles. The summed E-state index contributed by atoms with van der Waals surface area (Å²) in [5, 5.41) is 7.91. The van der Waals surface area contributed by atoms with Gasteiger partial charge in [0.2, 0.25) is 0 Å². The monoisotopic (exact) mass is 418 g/mol. The van der Waals surface area contributed by atoms with Gasteiger partial charge in [-0.2, -0.15) is 5.10 Å². The molecule has 0 saturated carbocycles. The molecule has 0 spiro atoms. The molecule has 0 fully saturated rings. The lowest BCUT2D eigenvalue weighted by molar-refractivity contribution is 0.0952. The number of pyridine rings is 1. The number of fused-ring (bicyclic) bond motifs is 1. The number of benzene rings is 2. The number of carbonyl (C=O) groups is 1. The summed E-state index contributed by atoms with van der Waals surface area (Å²) in [6.45, 7) is 3.70. The Labute approximate surface area is 179 Å². The summed E-state index contributed by atoms with van der Waals surface area (Å²) in [5.74, 6) is 0.216. The van der Waals surface area contributed by atoms with Gasteiger partial charge in [-0.05, 0) is 61.9 Å². The molecule has 4 aromatic rings. The number of carbonyl (C=O) groups excluding carboxylic acids is 1. The number of aromatic nitrogens is 3. The van der Waals surface area contributed by atoms with E-state index < -0.39 is 0 Å². The molecule has 1 amide bonds. The summed E-state index contributed by atoms with van der Waals surface area (Å²) in [7, 11) is 0. The van der Waals surface area contributed by atoms with Gasteiger partial charge in [-0.1, -0.05) is 0 Å². The van der Waals surface area contributed by atoms with Crippen LogP contribution in [0, 0.1) is 5.82 Å². The lowest BCUT2D eigenvalue weighted by Crippen LogP contribution is -2.25. The van der Waals surface area contributed by atoms with Crippen LogP contribution in [-0.2, 0) is 6.54 Å². The van der Waals surface area contributed by atoms with Gasteiger partial charge >= 0.3 is 0 Å². The average molecular weight is 418 g/mol. The molecule has 0 saturated heterocycles. The molecule has 0 aliphatic carbocycles. The van der Waals surface area contributed by atoms with E-state index in [-0.39, 0.29) is 11.7 Å². The lowest BCUT2D eigenvalue weighted by Gasteiger charge is -2.12. The quantitative estimate of drug-likeness (QED) is 0.429. The van der Waals surface area contributed by atoms with Crippen molar-refractivity contribution in [1.29, 1.82) is 0 Å². The maximum atomic E-state index is 13.3. The average Bonchev–Trinajstić information content (AvgIpc) is 3.30. The van der Waals surface area contributed by atoms with Crippen molar-refractivity contribution < 1.29 is 13.9 Å². The second kappa shape index (κ2) is 9.38. The van der Waals surface area contributed by atoms with Crippen molar-refractivity contribution in [1.82, 2.24) is 20.1 Å². The molecule has 2 heterocycles. The Bertz CT molecular complexity index is 1170. The highest BCUT2D eigenvalue weighted by atomic mass is 19.1. The largest absolute Gasteiger partial charge is 0.493 e. The molecule has 0 atom stereocenters. The molecule has 7 heteroatoms. The van der Waals surface area contributed by atoms with Crippen molar-refractivity contribution in [2.45, 2.75) is 19.9 Å². The fourth-order valence-electron chi connectivity index (χ4n) is 3.36. The number of rotatable bonds is 8. The van der Waals surface area contributed by atoms with E-state index >= 15 is 0 Å². The molecular formula is C24H23FN4O2. The molecule has 1 N–H and O–H groups in total. The van der Waals surface area contributed by atoms with E-state index in [1.165, 1.54) is 12.1 Å². The smallest absolute Gasteiger partial charge is 0.251 e. The summed E-state index contributed by atoms with van der Waals surface area (Å²) in [5.41, 5.74) is 2.61. The maximum Gasteiger partial charge on any atom is 0.251 e. The third-order valence-electron chi connectivity index (χ3n) is 4.88. The number of halogens is 1. The van der Waals surface area contributed by atoms with Gasteiger partial charge in [-0.3, -0.25) is 9.48 Å². The standard InChI is InChI=1S/C24H23FN4O2/c1-2-31-23-16-21(17-5-8-19(25)9-6-17)28-22-15-18(7-10-20(22)23)24(30)26-11-3-13-29-14-4-12-27-29/h4-10,12,14-16H,2-3,11,13H2,1H3,(H,26,30). The SMILES string of the molecule is CCOc1cc(-c2ccc(F)cc2)nc2cc(C(=O)NCCCn3cccn3)ccc12. The van der Waals surface area contributed by atoms with Gasteiger partial charge in [0.1, 0.15) is 11.6 Å². The molecule has 0 unspecified atom stereocenters. The topological polar surface area (TPSA) is 69.0 Å². The third kappa shape index (κ3) is 4.88. The molecule has 0 aliphatic rings. The molecule has 0 bridgehead atoms. The van der Waals surface area contributed by atoms with E-state index in [0.29, 0.717) is 35.7 Å². The van der Waals surface area contributed by atoms with Crippen LogP contribution in [0.15, 0.2) is 67.0 Å². The summed E-state index contributed by atoms with van der Waals surface area (Å²) >= 11 is 0. The van der Waals surface area contributed by atoms with Gasteiger partial charge in [0.05, 0.1) is 17.8 Å². The van der Waals surface area contributed by atoms with Gasteiger partial charge in [0, 0.05) is 48.1 Å². The van der Waals surface area contributed by atoms with Crippen molar-refractivity contribution in [3.05, 3.63) is 78.4 Å². The van der Waals surface area contributed by atoms with Gasteiger partial charge < -0.3 is 10.1 Å². The molecule has 31 heavy (non-hydrogen) atoms. The highest BCUT2D eigenvalue weighted by molar-refractivity contribution is 5.99. The minimum Gasteiger partial charge on any atom is -0.493 e. The summed E-state index contributed by atoms with van der Waals surface area (Å²) < 4.78 is 20.9. The Morgan fingerprint density at radius 1 is 1.16 bits per heavy atom. The predicted molar refractivity (Wildman–Crippen MR) is 117 cm³/mol. The zero-order valence-corrected chi connectivity index (χ0v) is 17.2. The van der Waals surface area contributed by atoms with Crippen LogP contribution in [0.4, 0.5) is 4.39 Å². The van der Waals surface area contributed by atoms with E-state index in [1.54, 1.807) is 30.5 Å². The summed E-state index contributed by atoms with van der Waals surface area (Å²) in [6.07, 6.45) is 4.41. The Morgan fingerprint density at radius 3 is 2.74 bits per heavy atom. The van der Waals surface area contributed by atoms with Crippen LogP contribution in [0.5, 0.6) is 5.75 Å². The van der Waals surface area contributed by atoms with E-state index in [1.807, 2.05) is 36.0 Å².